The van der Waals surface area contributed by atoms with Gasteiger partial charge in [0.15, 0.2) is 0 Å². The Morgan fingerprint density at radius 1 is 1.71 bits per heavy atom. The molecule has 80 valence electrons. The fourth-order valence-corrected chi connectivity index (χ4v) is 1.46. The molecule has 14 heavy (non-hydrogen) atoms. The van der Waals surface area contributed by atoms with Gasteiger partial charge >= 0.3 is 0 Å². The van der Waals surface area contributed by atoms with Gasteiger partial charge in [0, 0.05) is 6.61 Å². The monoisotopic (exact) mass is 200 g/mol. The second-order valence-corrected chi connectivity index (χ2v) is 3.32. The van der Waals surface area contributed by atoms with Gasteiger partial charge in [0.1, 0.15) is 0 Å². The van der Waals surface area contributed by atoms with Gasteiger partial charge in [-0.3, -0.25) is 14.5 Å². The number of nitrogens with zero attached hydrogens (tertiary/aromatic N) is 1. The number of hydrogen-bond donors (Lipinski definition) is 1. The molecule has 0 aromatic carbocycles. The molecule has 1 unspecified atom stereocenters. The van der Waals surface area contributed by atoms with Crippen LogP contribution in [0.15, 0.2) is 0 Å². The highest BCUT2D eigenvalue weighted by Gasteiger charge is 2.21. The molecule has 1 aliphatic rings. The van der Waals surface area contributed by atoms with Crippen LogP contribution in [-0.2, 0) is 14.3 Å². The maximum Gasteiger partial charge on any atom is 0.242 e. The summed E-state index contributed by atoms with van der Waals surface area (Å²) in [5.74, 6) is -0.210. The summed E-state index contributed by atoms with van der Waals surface area (Å²) in [5, 5.41) is 2.72. The topological polar surface area (TPSA) is 58.6 Å². The summed E-state index contributed by atoms with van der Waals surface area (Å²) in [6, 6.07) is 0. The van der Waals surface area contributed by atoms with Crippen molar-refractivity contribution in [1.82, 2.24) is 10.2 Å². The quantitative estimate of drug-likeness (QED) is 0.600. The van der Waals surface area contributed by atoms with Crippen LogP contribution in [0.3, 0.4) is 0 Å². The number of ether oxygens (including phenoxy) is 1. The van der Waals surface area contributed by atoms with E-state index in [0.29, 0.717) is 13.0 Å². The van der Waals surface area contributed by atoms with Crippen LogP contribution in [0.5, 0.6) is 0 Å². The number of hydrogen-bond acceptors (Lipinski definition) is 4. The molecular formula is C9H16N2O3. The van der Waals surface area contributed by atoms with E-state index in [9.17, 15) is 9.59 Å². The van der Waals surface area contributed by atoms with Gasteiger partial charge in [0.2, 0.25) is 12.3 Å². The molecule has 1 atom stereocenters. The van der Waals surface area contributed by atoms with E-state index in [4.69, 9.17) is 4.74 Å². The Kier molecular flexibility index (Phi) is 4.55. The molecule has 1 fully saturated rings. The molecule has 0 radical (unpaired) electrons. The predicted octanol–water partition coefficient (Wildman–Crippen LogP) is -0.630. The van der Waals surface area contributed by atoms with Crippen molar-refractivity contribution in [2.45, 2.75) is 18.9 Å². The van der Waals surface area contributed by atoms with Crippen molar-refractivity contribution in [2.24, 2.45) is 0 Å². The minimum Gasteiger partial charge on any atom is -0.376 e. The van der Waals surface area contributed by atoms with E-state index in [1.807, 2.05) is 0 Å². The maximum atomic E-state index is 11.3. The summed E-state index contributed by atoms with van der Waals surface area (Å²) in [6.07, 6.45) is 2.54. The number of carbonyl (C=O) groups is 2. The normalized spacial score (nSPS) is 20.8. The van der Waals surface area contributed by atoms with Crippen molar-refractivity contribution >= 4 is 12.3 Å². The van der Waals surface area contributed by atoms with Crippen molar-refractivity contribution in [3.63, 3.8) is 0 Å². The fraction of sp³-hybridized carbons (Fsp3) is 0.778. The number of nitrogens with one attached hydrogen (secondary N) is 1. The molecule has 1 saturated heterocycles. The van der Waals surface area contributed by atoms with Crippen molar-refractivity contribution < 1.29 is 14.3 Å². The molecule has 1 N–H and O–H groups in total. The van der Waals surface area contributed by atoms with Crippen LogP contribution in [0, 0.1) is 0 Å². The van der Waals surface area contributed by atoms with Gasteiger partial charge in [-0.2, -0.15) is 0 Å². The molecule has 1 aliphatic heterocycles. The van der Waals surface area contributed by atoms with E-state index in [2.05, 4.69) is 5.32 Å². The second kappa shape index (κ2) is 5.72. The Balaban J connectivity index is 2.36. The summed E-state index contributed by atoms with van der Waals surface area (Å²) in [6.45, 7) is 1.30. The third-order valence-electron chi connectivity index (χ3n) is 2.20. The lowest BCUT2D eigenvalue weighted by Gasteiger charge is -2.18. The average Bonchev–Trinajstić information content (AvgIpc) is 2.66. The highest BCUT2D eigenvalue weighted by Crippen LogP contribution is 2.12. The molecule has 0 bridgehead atoms. The summed E-state index contributed by atoms with van der Waals surface area (Å²) >= 11 is 0. The molecule has 1 heterocycles. The number of amides is 2. The molecule has 0 spiro atoms. The van der Waals surface area contributed by atoms with Crippen LogP contribution in [-0.4, -0.2) is 50.1 Å². The van der Waals surface area contributed by atoms with E-state index in [-0.39, 0.29) is 18.6 Å². The smallest absolute Gasteiger partial charge is 0.242 e. The Bertz CT molecular complexity index is 202. The van der Waals surface area contributed by atoms with Gasteiger partial charge in [-0.25, -0.2) is 0 Å². The molecular weight excluding hydrogens is 184 g/mol. The van der Waals surface area contributed by atoms with E-state index < -0.39 is 0 Å². The van der Waals surface area contributed by atoms with Gasteiger partial charge in [-0.15, -0.1) is 0 Å². The zero-order valence-corrected chi connectivity index (χ0v) is 8.36. The van der Waals surface area contributed by atoms with Gasteiger partial charge in [0.25, 0.3) is 0 Å². The highest BCUT2D eigenvalue weighted by atomic mass is 16.5. The number of likely N-dealkylation sites (N-methyl/N-ethyl adjacent to an activating group) is 1. The lowest BCUT2D eigenvalue weighted by atomic mass is 10.2. The largest absolute Gasteiger partial charge is 0.376 e. The van der Waals surface area contributed by atoms with Crippen molar-refractivity contribution in [1.29, 1.82) is 0 Å². The van der Waals surface area contributed by atoms with Crippen molar-refractivity contribution in [3.8, 4) is 0 Å². The van der Waals surface area contributed by atoms with Crippen molar-refractivity contribution in [3.05, 3.63) is 0 Å². The first-order valence-corrected chi connectivity index (χ1v) is 4.79. The van der Waals surface area contributed by atoms with E-state index in [1.165, 1.54) is 4.90 Å². The fourth-order valence-electron chi connectivity index (χ4n) is 1.46. The van der Waals surface area contributed by atoms with Gasteiger partial charge < -0.3 is 10.1 Å². The third-order valence-corrected chi connectivity index (χ3v) is 2.20. The van der Waals surface area contributed by atoms with Crippen LogP contribution in [0.4, 0.5) is 0 Å². The summed E-state index contributed by atoms with van der Waals surface area (Å²) < 4.78 is 5.34. The lowest BCUT2D eigenvalue weighted by molar-refractivity contribution is -0.139. The van der Waals surface area contributed by atoms with Crippen LogP contribution in [0.1, 0.15) is 12.8 Å². The zero-order chi connectivity index (χ0) is 10.4. The Morgan fingerprint density at radius 3 is 3.00 bits per heavy atom. The average molecular weight is 200 g/mol. The van der Waals surface area contributed by atoms with Crippen LogP contribution in [0.2, 0.25) is 0 Å². The second-order valence-electron chi connectivity index (χ2n) is 3.32. The van der Waals surface area contributed by atoms with E-state index in [1.54, 1.807) is 7.05 Å². The zero-order valence-electron chi connectivity index (χ0n) is 8.36. The SMILES string of the molecule is CNCC(=O)N(C=O)CC1CCCO1. The van der Waals surface area contributed by atoms with Crippen molar-refractivity contribution in [2.75, 3.05) is 26.7 Å². The van der Waals surface area contributed by atoms with Gasteiger partial charge in [-0.1, -0.05) is 0 Å². The number of rotatable bonds is 5. The highest BCUT2D eigenvalue weighted by molar-refractivity contribution is 5.87. The Hall–Kier alpha value is -0.940. The standard InChI is InChI=1S/C9H16N2O3/c1-10-5-9(13)11(7-12)6-8-3-2-4-14-8/h7-8,10H,2-6H2,1H3. The molecule has 5 nitrogen and oxygen atoms in total. The van der Waals surface area contributed by atoms with Crippen LogP contribution in [0.25, 0.3) is 0 Å². The van der Waals surface area contributed by atoms with Crippen LogP contribution >= 0.6 is 0 Å². The molecule has 0 aliphatic carbocycles. The molecule has 1 rings (SSSR count). The lowest BCUT2D eigenvalue weighted by Crippen LogP contribution is -2.40. The predicted molar refractivity (Wildman–Crippen MR) is 50.7 cm³/mol. The Morgan fingerprint density at radius 2 is 2.50 bits per heavy atom. The molecule has 0 aromatic rings. The molecule has 0 aromatic heterocycles. The summed E-state index contributed by atoms with van der Waals surface area (Å²) in [7, 11) is 1.67. The van der Waals surface area contributed by atoms with Gasteiger partial charge in [-0.05, 0) is 19.9 Å². The summed E-state index contributed by atoms with van der Waals surface area (Å²) in [4.78, 5) is 23.1. The summed E-state index contributed by atoms with van der Waals surface area (Å²) in [5.41, 5.74) is 0. The van der Waals surface area contributed by atoms with E-state index >= 15 is 0 Å². The van der Waals surface area contributed by atoms with Crippen LogP contribution < -0.4 is 5.32 Å². The van der Waals surface area contributed by atoms with E-state index in [0.717, 1.165) is 19.4 Å². The first-order valence-electron chi connectivity index (χ1n) is 4.79. The third kappa shape index (κ3) is 3.08. The minimum absolute atomic E-state index is 0.0287. The Labute approximate surface area is 83.4 Å². The van der Waals surface area contributed by atoms with Gasteiger partial charge in [0.05, 0.1) is 19.2 Å². The minimum atomic E-state index is -0.210. The first kappa shape index (κ1) is 11.1. The number of carbonyl (C=O) groups excluding carboxylic acids is 2. The maximum absolute atomic E-state index is 11.3. The molecule has 5 heteroatoms. The molecule has 0 saturated carbocycles. The molecule has 2 amide bonds. The number of imide groups is 1. The first-order chi connectivity index (χ1) is 6.77.